The first kappa shape index (κ1) is 10.5. The van der Waals surface area contributed by atoms with Crippen LogP contribution < -0.4 is 0 Å². The van der Waals surface area contributed by atoms with Gasteiger partial charge in [0.05, 0.1) is 0 Å². The summed E-state index contributed by atoms with van der Waals surface area (Å²) < 4.78 is 13.9. The van der Waals surface area contributed by atoms with Crippen molar-refractivity contribution in [1.82, 2.24) is 9.97 Å². The van der Waals surface area contributed by atoms with Gasteiger partial charge in [-0.05, 0) is 59.3 Å². The highest BCUT2D eigenvalue weighted by Gasteiger charge is 2.04. The molecule has 0 N–H and O–H groups in total. The highest BCUT2D eigenvalue weighted by atomic mass is 127. The first-order valence-corrected chi connectivity index (χ1v) is 5.50. The first-order valence-electron chi connectivity index (χ1n) is 4.42. The molecule has 0 spiro atoms. The average Bonchev–Trinajstić information content (AvgIpc) is 2.22. The second kappa shape index (κ2) is 4.22. The maximum atomic E-state index is 13.1. The molecule has 0 amide bonds. The van der Waals surface area contributed by atoms with E-state index < -0.39 is 0 Å². The lowest BCUT2D eigenvalue weighted by molar-refractivity contribution is 0.618. The molecular weight excluding hydrogens is 306 g/mol. The first-order chi connectivity index (χ1) is 7.16. The predicted molar refractivity (Wildman–Crippen MR) is 64.9 cm³/mol. The molecule has 0 radical (unpaired) electrons. The largest absolute Gasteiger partial charge is 0.237 e. The van der Waals surface area contributed by atoms with Crippen molar-refractivity contribution in [3.8, 4) is 11.4 Å². The summed E-state index contributed by atoms with van der Waals surface area (Å²) >= 11 is 2.12. The topological polar surface area (TPSA) is 25.8 Å². The molecule has 0 fully saturated rings. The lowest BCUT2D eigenvalue weighted by atomic mass is 10.1. The Balaban J connectivity index is 2.50. The van der Waals surface area contributed by atoms with Gasteiger partial charge in [0, 0.05) is 11.8 Å². The lowest BCUT2D eigenvalue weighted by Gasteiger charge is -2.02. The van der Waals surface area contributed by atoms with Crippen LogP contribution in [0.25, 0.3) is 11.4 Å². The molecule has 0 aliphatic carbocycles. The molecule has 0 unspecified atom stereocenters. The summed E-state index contributed by atoms with van der Waals surface area (Å²) in [5.41, 5.74) is 1.45. The van der Waals surface area contributed by atoms with Crippen molar-refractivity contribution in [2.45, 2.75) is 6.92 Å². The normalized spacial score (nSPS) is 10.3. The van der Waals surface area contributed by atoms with Crippen molar-refractivity contribution < 1.29 is 4.39 Å². The van der Waals surface area contributed by atoms with Crippen LogP contribution in [0.1, 0.15) is 5.56 Å². The molecule has 1 aromatic heterocycles. The Hall–Kier alpha value is -1.04. The van der Waals surface area contributed by atoms with E-state index in [0.717, 1.165) is 9.26 Å². The molecule has 15 heavy (non-hydrogen) atoms. The van der Waals surface area contributed by atoms with E-state index in [-0.39, 0.29) is 5.82 Å². The molecule has 2 rings (SSSR count). The third-order valence-electron chi connectivity index (χ3n) is 2.04. The summed E-state index contributed by atoms with van der Waals surface area (Å²) in [4.78, 5) is 8.41. The van der Waals surface area contributed by atoms with Crippen molar-refractivity contribution in [1.29, 1.82) is 0 Å². The molecule has 1 aromatic carbocycles. The third-order valence-corrected chi connectivity index (χ3v) is 2.64. The summed E-state index contributed by atoms with van der Waals surface area (Å²) in [5.74, 6) is 0.425. The Bertz CT molecular complexity index is 500. The SMILES string of the molecule is Cc1cc(-c2nccc(I)n2)ccc1F. The molecule has 0 aliphatic heterocycles. The molecule has 2 aromatic rings. The zero-order chi connectivity index (χ0) is 10.8. The molecule has 0 aliphatic rings. The Morgan fingerprint density at radius 3 is 2.73 bits per heavy atom. The zero-order valence-electron chi connectivity index (χ0n) is 8.04. The van der Waals surface area contributed by atoms with Gasteiger partial charge in [0.15, 0.2) is 5.82 Å². The smallest absolute Gasteiger partial charge is 0.160 e. The van der Waals surface area contributed by atoms with Crippen molar-refractivity contribution >= 4 is 22.6 Å². The van der Waals surface area contributed by atoms with Gasteiger partial charge in [-0.1, -0.05) is 0 Å². The fraction of sp³-hybridized carbons (Fsp3) is 0.0909. The van der Waals surface area contributed by atoms with Crippen LogP contribution in [0.15, 0.2) is 30.5 Å². The summed E-state index contributed by atoms with van der Waals surface area (Å²) in [5, 5.41) is 0. The Labute approximate surface area is 101 Å². The molecule has 0 saturated carbocycles. The van der Waals surface area contributed by atoms with Crippen LogP contribution in [0.3, 0.4) is 0 Å². The Morgan fingerprint density at radius 2 is 2.07 bits per heavy atom. The van der Waals surface area contributed by atoms with Gasteiger partial charge in [0.2, 0.25) is 0 Å². The minimum Gasteiger partial charge on any atom is -0.237 e. The van der Waals surface area contributed by atoms with Gasteiger partial charge in [-0.2, -0.15) is 0 Å². The minimum absolute atomic E-state index is 0.204. The van der Waals surface area contributed by atoms with Gasteiger partial charge >= 0.3 is 0 Å². The van der Waals surface area contributed by atoms with Crippen molar-refractivity contribution in [2.75, 3.05) is 0 Å². The van der Waals surface area contributed by atoms with Crippen molar-refractivity contribution in [2.24, 2.45) is 0 Å². The van der Waals surface area contributed by atoms with Crippen LogP contribution >= 0.6 is 22.6 Å². The van der Waals surface area contributed by atoms with E-state index in [2.05, 4.69) is 32.6 Å². The highest BCUT2D eigenvalue weighted by Crippen LogP contribution is 2.18. The van der Waals surface area contributed by atoms with Crippen LogP contribution in [0.4, 0.5) is 4.39 Å². The van der Waals surface area contributed by atoms with E-state index in [4.69, 9.17) is 0 Å². The summed E-state index contributed by atoms with van der Waals surface area (Å²) in [7, 11) is 0. The van der Waals surface area contributed by atoms with Gasteiger partial charge in [0.25, 0.3) is 0 Å². The maximum Gasteiger partial charge on any atom is 0.160 e. The fourth-order valence-electron chi connectivity index (χ4n) is 1.26. The van der Waals surface area contributed by atoms with Crippen LogP contribution in [0, 0.1) is 16.4 Å². The molecule has 1 heterocycles. The molecular formula is C11H8FIN2. The molecule has 0 saturated heterocycles. The molecule has 76 valence electrons. The number of hydrogen-bond donors (Lipinski definition) is 0. The van der Waals surface area contributed by atoms with E-state index in [1.54, 1.807) is 25.3 Å². The molecule has 4 heteroatoms. The average molecular weight is 314 g/mol. The van der Waals surface area contributed by atoms with Crippen molar-refractivity contribution in [3.63, 3.8) is 0 Å². The Morgan fingerprint density at radius 1 is 1.27 bits per heavy atom. The third kappa shape index (κ3) is 2.31. The highest BCUT2D eigenvalue weighted by molar-refractivity contribution is 14.1. The quantitative estimate of drug-likeness (QED) is 0.597. The van der Waals surface area contributed by atoms with E-state index in [1.807, 2.05) is 6.07 Å². The summed E-state index contributed by atoms with van der Waals surface area (Å²) in [6.45, 7) is 1.73. The maximum absolute atomic E-state index is 13.1. The molecule has 0 bridgehead atoms. The number of hydrogen-bond acceptors (Lipinski definition) is 2. The minimum atomic E-state index is -0.204. The molecule has 0 atom stereocenters. The van der Waals surface area contributed by atoms with Crippen LogP contribution in [0.2, 0.25) is 0 Å². The number of halogens is 2. The fourth-order valence-corrected chi connectivity index (χ4v) is 1.65. The second-order valence-corrected chi connectivity index (χ2v) is 4.27. The predicted octanol–water partition coefficient (Wildman–Crippen LogP) is 3.20. The van der Waals surface area contributed by atoms with Crippen LogP contribution in [0.5, 0.6) is 0 Å². The lowest BCUT2D eigenvalue weighted by Crippen LogP contribution is -1.91. The van der Waals surface area contributed by atoms with Crippen LogP contribution in [-0.2, 0) is 0 Å². The number of aryl methyl sites for hydroxylation is 1. The van der Waals surface area contributed by atoms with Gasteiger partial charge in [-0.25, -0.2) is 14.4 Å². The van der Waals surface area contributed by atoms with Gasteiger partial charge in [-0.15, -0.1) is 0 Å². The molecule has 2 nitrogen and oxygen atoms in total. The summed E-state index contributed by atoms with van der Waals surface area (Å²) in [6, 6.07) is 6.70. The van der Waals surface area contributed by atoms with E-state index >= 15 is 0 Å². The van der Waals surface area contributed by atoms with E-state index in [9.17, 15) is 4.39 Å². The van der Waals surface area contributed by atoms with Crippen molar-refractivity contribution in [3.05, 3.63) is 45.5 Å². The number of rotatable bonds is 1. The van der Waals surface area contributed by atoms with E-state index in [1.165, 1.54) is 6.07 Å². The van der Waals surface area contributed by atoms with Gasteiger partial charge < -0.3 is 0 Å². The van der Waals surface area contributed by atoms with Gasteiger partial charge in [0.1, 0.15) is 9.52 Å². The Kier molecular flexibility index (Phi) is 2.95. The van der Waals surface area contributed by atoms with Crippen LogP contribution in [-0.4, -0.2) is 9.97 Å². The van der Waals surface area contributed by atoms with Gasteiger partial charge in [-0.3, -0.25) is 0 Å². The monoisotopic (exact) mass is 314 g/mol. The number of benzene rings is 1. The number of nitrogens with zero attached hydrogens (tertiary/aromatic N) is 2. The second-order valence-electron chi connectivity index (χ2n) is 3.17. The van der Waals surface area contributed by atoms with E-state index in [0.29, 0.717) is 11.4 Å². The standard InChI is InChI=1S/C11H8FIN2/c1-7-6-8(2-3-9(7)12)11-14-5-4-10(13)15-11/h2-6H,1H3. The number of aromatic nitrogens is 2. The summed E-state index contributed by atoms with van der Waals surface area (Å²) in [6.07, 6.45) is 1.70. The zero-order valence-corrected chi connectivity index (χ0v) is 10.2.